The van der Waals surface area contributed by atoms with Crippen molar-refractivity contribution >= 4 is 8.03 Å². The summed E-state index contributed by atoms with van der Waals surface area (Å²) in [6.45, 7) is 2.09. The maximum absolute atomic E-state index is 11.7. The Balaban J connectivity index is 2.26. The lowest BCUT2D eigenvalue weighted by Gasteiger charge is -2.25. The van der Waals surface area contributed by atoms with E-state index in [1.165, 1.54) is 0 Å². The van der Waals surface area contributed by atoms with E-state index in [1.54, 1.807) is 0 Å². The van der Waals surface area contributed by atoms with Crippen LogP contribution in [0.25, 0.3) is 0 Å². The highest BCUT2D eigenvalue weighted by molar-refractivity contribution is 7.38. The van der Waals surface area contributed by atoms with Gasteiger partial charge in [0.25, 0.3) is 0 Å². The van der Waals surface area contributed by atoms with Crippen molar-refractivity contribution in [1.82, 2.24) is 5.32 Å². The molecule has 2 rings (SSSR count). The van der Waals surface area contributed by atoms with Crippen LogP contribution < -0.4 is 5.32 Å². The smallest absolute Gasteiger partial charge is 0.205 e. The average Bonchev–Trinajstić information content (AvgIpc) is 2.56. The molecule has 0 saturated carbocycles. The second kappa shape index (κ2) is 8.89. The van der Waals surface area contributed by atoms with E-state index in [9.17, 15) is 9.46 Å². The molecule has 22 heavy (non-hydrogen) atoms. The van der Waals surface area contributed by atoms with Gasteiger partial charge >= 0.3 is 0 Å². The third-order valence-corrected chi connectivity index (χ3v) is 4.83. The molecule has 2 atom stereocenters. The highest BCUT2D eigenvalue weighted by Gasteiger charge is 2.21. The van der Waals surface area contributed by atoms with E-state index >= 15 is 0 Å². The van der Waals surface area contributed by atoms with Crippen LogP contribution >= 0.6 is 8.03 Å². The van der Waals surface area contributed by atoms with Crippen molar-refractivity contribution < 1.29 is 9.46 Å². The van der Waals surface area contributed by atoms with Crippen molar-refractivity contribution in [3.63, 3.8) is 0 Å². The zero-order chi connectivity index (χ0) is 15.8. The summed E-state index contributed by atoms with van der Waals surface area (Å²) in [5, 5.41) is 3.40. The fourth-order valence-corrected chi connectivity index (χ4v) is 3.32. The van der Waals surface area contributed by atoms with E-state index in [0.29, 0.717) is 0 Å². The average molecular weight is 317 g/mol. The number of hydrogen-bond donors (Lipinski definition) is 2. The molecule has 2 aromatic carbocycles. The van der Waals surface area contributed by atoms with Gasteiger partial charge in [0.05, 0.1) is 11.8 Å². The van der Waals surface area contributed by atoms with E-state index in [1.807, 2.05) is 36.4 Å². The fourth-order valence-electron chi connectivity index (χ4n) is 2.56. The van der Waals surface area contributed by atoms with E-state index in [-0.39, 0.29) is 11.8 Å². The van der Waals surface area contributed by atoms with Crippen LogP contribution in [0.15, 0.2) is 60.7 Å². The van der Waals surface area contributed by atoms with Crippen LogP contribution in [0.2, 0.25) is 0 Å². The molecule has 2 N–H and O–H groups in total. The van der Waals surface area contributed by atoms with Crippen LogP contribution in [0, 0.1) is 0 Å². The molecule has 0 spiro atoms. The monoisotopic (exact) mass is 317 g/mol. The molecule has 0 bridgehead atoms. The molecule has 0 amide bonds. The van der Waals surface area contributed by atoms with Crippen LogP contribution in [-0.4, -0.2) is 10.7 Å². The van der Waals surface area contributed by atoms with Gasteiger partial charge in [0.15, 0.2) is 0 Å². The van der Waals surface area contributed by atoms with Crippen molar-refractivity contribution in [3.05, 3.63) is 71.8 Å². The van der Waals surface area contributed by atoms with Crippen LogP contribution in [0.5, 0.6) is 0 Å². The molecular formula is C18H24NO2P. The summed E-state index contributed by atoms with van der Waals surface area (Å²) in [7, 11) is -2.62. The molecule has 0 aromatic heterocycles. The van der Waals surface area contributed by atoms with Gasteiger partial charge in [0.1, 0.15) is 0 Å². The minimum atomic E-state index is -2.62. The number of benzene rings is 2. The van der Waals surface area contributed by atoms with Gasteiger partial charge in [-0.05, 0) is 17.5 Å². The second-order valence-electron chi connectivity index (χ2n) is 5.45. The molecule has 3 nitrogen and oxygen atoms in total. The normalized spacial score (nSPS) is 14.0. The SMILES string of the molecule is CCCCC(NC(c1ccccc1)c1ccccc1)[PH](=O)O. The Kier molecular flexibility index (Phi) is 6.85. The Bertz CT molecular complexity index is 535. The number of nitrogens with one attached hydrogen (secondary N) is 1. The quantitative estimate of drug-likeness (QED) is 0.712. The van der Waals surface area contributed by atoms with E-state index in [2.05, 4.69) is 36.5 Å². The Labute approximate surface area is 133 Å². The molecule has 2 aromatic rings. The maximum Gasteiger partial charge on any atom is 0.205 e. The highest BCUT2D eigenvalue weighted by Crippen LogP contribution is 2.30. The predicted molar refractivity (Wildman–Crippen MR) is 92.4 cm³/mol. The molecule has 0 heterocycles. The Morgan fingerprint density at radius 3 is 1.91 bits per heavy atom. The first-order chi connectivity index (χ1) is 10.7. The summed E-state index contributed by atoms with van der Waals surface area (Å²) in [5.41, 5.74) is 2.22. The molecule has 0 aliphatic carbocycles. The summed E-state index contributed by atoms with van der Waals surface area (Å²) >= 11 is 0. The summed E-state index contributed by atoms with van der Waals surface area (Å²) in [4.78, 5) is 9.67. The van der Waals surface area contributed by atoms with Gasteiger partial charge in [-0.2, -0.15) is 0 Å². The van der Waals surface area contributed by atoms with E-state index in [4.69, 9.17) is 0 Å². The number of hydrogen-bond acceptors (Lipinski definition) is 2. The third-order valence-electron chi connectivity index (χ3n) is 3.78. The molecule has 0 fully saturated rings. The molecule has 2 unspecified atom stereocenters. The van der Waals surface area contributed by atoms with Crippen LogP contribution in [0.1, 0.15) is 43.4 Å². The highest BCUT2D eigenvalue weighted by atomic mass is 31.1. The molecule has 0 saturated heterocycles. The summed E-state index contributed by atoms with van der Waals surface area (Å²) in [6, 6.07) is 20.1. The minimum absolute atomic E-state index is 0.0645. The maximum atomic E-state index is 11.7. The molecule has 4 heteroatoms. The van der Waals surface area contributed by atoms with Crippen LogP contribution in [-0.2, 0) is 4.57 Å². The number of unbranched alkanes of at least 4 members (excludes halogenated alkanes) is 1. The molecule has 118 valence electrons. The first kappa shape index (κ1) is 17.0. The van der Waals surface area contributed by atoms with Crippen molar-refractivity contribution in [2.45, 2.75) is 38.0 Å². The number of rotatable bonds is 8. The van der Waals surface area contributed by atoms with Gasteiger partial charge in [0.2, 0.25) is 8.03 Å². The van der Waals surface area contributed by atoms with Crippen molar-refractivity contribution in [1.29, 1.82) is 0 Å². The fraction of sp³-hybridized carbons (Fsp3) is 0.333. The van der Waals surface area contributed by atoms with Crippen molar-refractivity contribution in [3.8, 4) is 0 Å². The van der Waals surface area contributed by atoms with Crippen molar-refractivity contribution in [2.75, 3.05) is 0 Å². The molecule has 0 aliphatic rings. The third kappa shape index (κ3) is 4.81. The zero-order valence-corrected chi connectivity index (χ0v) is 13.9. The van der Waals surface area contributed by atoms with Gasteiger partial charge in [-0.25, -0.2) is 0 Å². The van der Waals surface area contributed by atoms with Gasteiger partial charge in [-0.15, -0.1) is 0 Å². The van der Waals surface area contributed by atoms with Crippen LogP contribution in [0.4, 0.5) is 0 Å². The van der Waals surface area contributed by atoms with Crippen LogP contribution in [0.3, 0.4) is 0 Å². The Morgan fingerprint density at radius 1 is 1.00 bits per heavy atom. The van der Waals surface area contributed by atoms with Gasteiger partial charge in [-0.3, -0.25) is 9.88 Å². The van der Waals surface area contributed by atoms with Gasteiger partial charge < -0.3 is 4.89 Å². The first-order valence-corrected chi connectivity index (χ1v) is 9.24. The second-order valence-corrected chi connectivity index (χ2v) is 6.83. The van der Waals surface area contributed by atoms with Gasteiger partial charge in [0, 0.05) is 0 Å². The van der Waals surface area contributed by atoms with Crippen molar-refractivity contribution in [2.24, 2.45) is 0 Å². The topological polar surface area (TPSA) is 49.3 Å². The minimum Gasteiger partial charge on any atom is -0.345 e. The van der Waals surface area contributed by atoms with Gasteiger partial charge in [-0.1, -0.05) is 80.4 Å². The lowest BCUT2D eigenvalue weighted by molar-refractivity contribution is 0.443. The zero-order valence-electron chi connectivity index (χ0n) is 12.9. The standard InChI is InChI=1S/C18H24NO2P/c1-2-3-14-17(22(20)21)19-18(15-10-6-4-7-11-15)16-12-8-5-9-13-16/h4-13,17-19,22H,2-3,14H2,1H3,(H,20,21). The Morgan fingerprint density at radius 2 is 1.50 bits per heavy atom. The Hall–Kier alpha value is -1.41. The van der Waals surface area contributed by atoms with E-state index in [0.717, 1.165) is 30.4 Å². The molecule has 0 aliphatic heterocycles. The molecular weight excluding hydrogens is 293 g/mol. The molecule has 0 radical (unpaired) electrons. The first-order valence-electron chi connectivity index (χ1n) is 7.81. The summed E-state index contributed by atoms with van der Waals surface area (Å²) < 4.78 is 11.7. The lowest BCUT2D eigenvalue weighted by atomic mass is 9.98. The lowest BCUT2D eigenvalue weighted by Crippen LogP contribution is -2.31. The van der Waals surface area contributed by atoms with E-state index < -0.39 is 8.03 Å². The summed E-state index contributed by atoms with van der Waals surface area (Å²) in [6.07, 6.45) is 2.70. The predicted octanol–water partition coefficient (Wildman–Crippen LogP) is 4.35. The summed E-state index contributed by atoms with van der Waals surface area (Å²) in [5.74, 6) is -0.352. The largest absolute Gasteiger partial charge is 0.345 e.